The molecule has 0 bridgehead atoms. The summed E-state index contributed by atoms with van der Waals surface area (Å²) in [4.78, 5) is 27.1. The van der Waals surface area contributed by atoms with Crippen molar-refractivity contribution < 1.29 is 14.5 Å². The summed E-state index contributed by atoms with van der Waals surface area (Å²) in [6, 6.07) is 14.4. The first-order valence-corrected chi connectivity index (χ1v) is 9.22. The summed E-state index contributed by atoms with van der Waals surface area (Å²) in [5, 5.41) is 14.0. The molecule has 1 aliphatic heterocycles. The van der Waals surface area contributed by atoms with Crippen molar-refractivity contribution in [2.24, 2.45) is 0 Å². The lowest BCUT2D eigenvalue weighted by molar-refractivity contribution is -0.384. The van der Waals surface area contributed by atoms with Crippen LogP contribution in [0, 0.1) is 10.1 Å². The lowest BCUT2D eigenvalue weighted by Gasteiger charge is -2.36. The predicted octanol–water partition coefficient (Wildman–Crippen LogP) is 2.75. The van der Waals surface area contributed by atoms with Crippen LogP contribution >= 0.6 is 0 Å². The van der Waals surface area contributed by atoms with Crippen molar-refractivity contribution >= 4 is 23.0 Å². The molecule has 0 spiro atoms. The third kappa shape index (κ3) is 4.70. The minimum atomic E-state index is -0.428. The fraction of sp³-hybridized carbons (Fsp3) is 0.350. The number of para-hydroxylation sites is 2. The highest BCUT2D eigenvalue weighted by atomic mass is 16.6. The zero-order chi connectivity index (χ0) is 19.9. The number of rotatable bonds is 7. The van der Waals surface area contributed by atoms with E-state index in [1.165, 1.54) is 6.07 Å². The molecule has 1 heterocycles. The second kappa shape index (κ2) is 9.07. The Hall–Kier alpha value is -3.29. The zero-order valence-electron chi connectivity index (χ0n) is 15.8. The molecule has 0 aliphatic carbocycles. The van der Waals surface area contributed by atoms with Crippen molar-refractivity contribution in [2.45, 2.75) is 6.42 Å². The fourth-order valence-corrected chi connectivity index (χ4v) is 3.25. The van der Waals surface area contributed by atoms with Crippen LogP contribution in [0.3, 0.4) is 0 Å². The predicted molar refractivity (Wildman–Crippen MR) is 108 cm³/mol. The molecular formula is C20H24N4O4. The highest BCUT2D eigenvalue weighted by Gasteiger charge is 2.21. The Balaban J connectivity index is 1.46. The van der Waals surface area contributed by atoms with Gasteiger partial charge in [-0.05, 0) is 30.3 Å². The van der Waals surface area contributed by atoms with E-state index in [2.05, 4.69) is 10.2 Å². The Kier molecular flexibility index (Phi) is 6.31. The molecule has 1 saturated heterocycles. The molecule has 8 heteroatoms. The number of amides is 1. The van der Waals surface area contributed by atoms with E-state index in [1.54, 1.807) is 25.3 Å². The van der Waals surface area contributed by atoms with Crippen LogP contribution < -0.4 is 15.0 Å². The summed E-state index contributed by atoms with van der Waals surface area (Å²) in [5.74, 6) is 0.879. The standard InChI is InChI=1S/C20H24N4O4/c1-28-17-8-6-16(7-9-17)22-12-14-23(15-13-22)20(25)10-11-21-18-4-2-3-5-19(18)24(26)27/h2-9,21H,10-15H2,1H3. The number of methoxy groups -OCH3 is 1. The fourth-order valence-electron chi connectivity index (χ4n) is 3.25. The SMILES string of the molecule is COc1ccc(N2CCN(C(=O)CCNc3ccccc3[N+](=O)[O-])CC2)cc1. The van der Waals surface area contributed by atoms with Gasteiger partial charge in [0.1, 0.15) is 11.4 Å². The highest BCUT2D eigenvalue weighted by Crippen LogP contribution is 2.23. The third-order valence-corrected chi connectivity index (χ3v) is 4.83. The first-order valence-electron chi connectivity index (χ1n) is 9.22. The Morgan fingerprint density at radius 1 is 1.11 bits per heavy atom. The minimum Gasteiger partial charge on any atom is -0.497 e. The Morgan fingerprint density at radius 3 is 2.43 bits per heavy atom. The number of carbonyl (C=O) groups excluding carboxylic acids is 1. The maximum absolute atomic E-state index is 12.5. The average molecular weight is 384 g/mol. The van der Waals surface area contributed by atoms with Crippen LogP contribution in [0.1, 0.15) is 6.42 Å². The quantitative estimate of drug-likeness (QED) is 0.583. The smallest absolute Gasteiger partial charge is 0.292 e. The average Bonchev–Trinajstić information content (AvgIpc) is 2.74. The number of hydrogen-bond donors (Lipinski definition) is 1. The van der Waals surface area contributed by atoms with Crippen molar-refractivity contribution in [3.8, 4) is 5.75 Å². The van der Waals surface area contributed by atoms with E-state index >= 15 is 0 Å². The van der Waals surface area contributed by atoms with Crippen molar-refractivity contribution in [1.82, 2.24) is 4.90 Å². The third-order valence-electron chi connectivity index (χ3n) is 4.83. The van der Waals surface area contributed by atoms with E-state index < -0.39 is 4.92 Å². The van der Waals surface area contributed by atoms with Crippen LogP contribution in [-0.2, 0) is 4.79 Å². The normalized spacial score (nSPS) is 13.9. The molecule has 1 amide bonds. The number of nitro groups is 1. The summed E-state index contributed by atoms with van der Waals surface area (Å²) in [7, 11) is 1.64. The number of carbonyl (C=O) groups is 1. The van der Waals surface area contributed by atoms with Gasteiger partial charge in [-0.1, -0.05) is 12.1 Å². The second-order valence-electron chi connectivity index (χ2n) is 6.52. The Morgan fingerprint density at radius 2 is 1.79 bits per heavy atom. The van der Waals surface area contributed by atoms with Crippen molar-refractivity contribution in [3.63, 3.8) is 0 Å². The van der Waals surface area contributed by atoms with Gasteiger partial charge in [0, 0.05) is 50.9 Å². The monoisotopic (exact) mass is 384 g/mol. The molecule has 2 aromatic rings. The van der Waals surface area contributed by atoms with E-state index in [1.807, 2.05) is 29.2 Å². The lowest BCUT2D eigenvalue weighted by atomic mass is 10.2. The number of anilines is 2. The molecule has 1 aliphatic rings. The molecule has 1 N–H and O–H groups in total. The number of benzene rings is 2. The van der Waals surface area contributed by atoms with Gasteiger partial charge in [-0.3, -0.25) is 14.9 Å². The number of ether oxygens (including phenoxy) is 1. The van der Waals surface area contributed by atoms with Crippen LogP contribution in [0.25, 0.3) is 0 Å². The summed E-state index contributed by atoms with van der Waals surface area (Å²) < 4.78 is 5.18. The molecular weight excluding hydrogens is 360 g/mol. The van der Waals surface area contributed by atoms with Crippen molar-refractivity contribution in [3.05, 3.63) is 58.6 Å². The summed E-state index contributed by atoms with van der Waals surface area (Å²) in [6.45, 7) is 3.24. The topological polar surface area (TPSA) is 88.0 Å². The first kappa shape index (κ1) is 19.5. The second-order valence-corrected chi connectivity index (χ2v) is 6.52. The minimum absolute atomic E-state index is 0.0167. The highest BCUT2D eigenvalue weighted by molar-refractivity contribution is 5.77. The lowest BCUT2D eigenvalue weighted by Crippen LogP contribution is -2.49. The number of nitrogens with zero attached hydrogens (tertiary/aromatic N) is 3. The van der Waals surface area contributed by atoms with Crippen LogP contribution in [0.15, 0.2) is 48.5 Å². The molecule has 0 unspecified atom stereocenters. The van der Waals surface area contributed by atoms with Gasteiger partial charge in [-0.2, -0.15) is 0 Å². The molecule has 8 nitrogen and oxygen atoms in total. The van der Waals surface area contributed by atoms with Gasteiger partial charge in [-0.15, -0.1) is 0 Å². The number of hydrogen-bond acceptors (Lipinski definition) is 6. The molecule has 1 fully saturated rings. The maximum atomic E-state index is 12.5. The molecule has 0 atom stereocenters. The van der Waals surface area contributed by atoms with Crippen LogP contribution in [-0.4, -0.2) is 55.6 Å². The molecule has 0 saturated carbocycles. The van der Waals surface area contributed by atoms with Gasteiger partial charge in [0.25, 0.3) is 5.69 Å². The molecule has 0 aromatic heterocycles. The van der Waals surface area contributed by atoms with Crippen molar-refractivity contribution in [1.29, 1.82) is 0 Å². The van der Waals surface area contributed by atoms with Gasteiger partial charge in [0.15, 0.2) is 0 Å². The van der Waals surface area contributed by atoms with Crippen molar-refractivity contribution in [2.75, 3.05) is 50.1 Å². The summed E-state index contributed by atoms with van der Waals surface area (Å²) in [5.41, 5.74) is 1.57. The number of nitrogens with one attached hydrogen (secondary N) is 1. The molecule has 28 heavy (non-hydrogen) atoms. The zero-order valence-corrected chi connectivity index (χ0v) is 15.8. The van der Waals surface area contributed by atoms with E-state index in [9.17, 15) is 14.9 Å². The first-order chi connectivity index (χ1) is 13.6. The molecule has 3 rings (SSSR count). The number of piperazine rings is 1. The van der Waals surface area contributed by atoms with E-state index in [0.29, 0.717) is 31.7 Å². The largest absolute Gasteiger partial charge is 0.497 e. The van der Waals surface area contributed by atoms with Gasteiger partial charge in [0.2, 0.25) is 5.91 Å². The van der Waals surface area contributed by atoms with Crippen LogP contribution in [0.2, 0.25) is 0 Å². The van der Waals surface area contributed by atoms with Crippen LogP contribution in [0.4, 0.5) is 17.1 Å². The Bertz CT molecular complexity index is 817. The van der Waals surface area contributed by atoms with E-state index in [0.717, 1.165) is 24.5 Å². The van der Waals surface area contributed by atoms with Gasteiger partial charge >= 0.3 is 0 Å². The van der Waals surface area contributed by atoms with Gasteiger partial charge in [0.05, 0.1) is 12.0 Å². The summed E-state index contributed by atoms with van der Waals surface area (Å²) in [6.07, 6.45) is 0.300. The molecule has 0 radical (unpaired) electrons. The molecule has 148 valence electrons. The van der Waals surface area contributed by atoms with Gasteiger partial charge in [-0.25, -0.2) is 0 Å². The van der Waals surface area contributed by atoms with E-state index in [-0.39, 0.29) is 11.6 Å². The van der Waals surface area contributed by atoms with E-state index in [4.69, 9.17) is 4.74 Å². The number of nitro benzene ring substituents is 1. The molecule has 2 aromatic carbocycles. The van der Waals surface area contributed by atoms with Gasteiger partial charge < -0.3 is 19.9 Å². The summed E-state index contributed by atoms with van der Waals surface area (Å²) >= 11 is 0. The maximum Gasteiger partial charge on any atom is 0.292 e. The Labute approximate surface area is 163 Å². The van der Waals surface area contributed by atoms with Crippen LogP contribution in [0.5, 0.6) is 5.75 Å².